The summed E-state index contributed by atoms with van der Waals surface area (Å²) in [5, 5.41) is 8.67. The summed E-state index contributed by atoms with van der Waals surface area (Å²) in [6.07, 6.45) is 0. The van der Waals surface area contributed by atoms with E-state index >= 15 is 0 Å². The Morgan fingerprint density at radius 1 is 1.12 bits per heavy atom. The summed E-state index contributed by atoms with van der Waals surface area (Å²) < 4.78 is 26.0. The second-order valence-electron chi connectivity index (χ2n) is 6.22. The molecule has 0 radical (unpaired) electrons. The molecule has 0 aliphatic heterocycles. The van der Waals surface area contributed by atoms with Crippen molar-refractivity contribution in [2.75, 3.05) is 6.54 Å². The highest BCUT2D eigenvalue weighted by Gasteiger charge is 2.75. The Balaban J connectivity index is 2.11. The minimum atomic E-state index is -3.80. The summed E-state index contributed by atoms with van der Waals surface area (Å²) in [5.74, 6) is -1.81. The van der Waals surface area contributed by atoms with Crippen molar-refractivity contribution >= 4 is 15.8 Å². The summed E-state index contributed by atoms with van der Waals surface area (Å²) in [6.45, 7) is 1.69. The largest absolute Gasteiger partial charge is 0.481 e. The van der Waals surface area contributed by atoms with Gasteiger partial charge in [0.15, 0.2) is 9.84 Å². The Morgan fingerprint density at radius 3 is 2.21 bits per heavy atom. The zero-order chi connectivity index (χ0) is 17.5. The van der Waals surface area contributed by atoms with Gasteiger partial charge in [-0.3, -0.25) is 4.79 Å². The molecule has 0 saturated heterocycles. The second-order valence-corrected chi connectivity index (χ2v) is 8.29. The van der Waals surface area contributed by atoms with Crippen molar-refractivity contribution in [2.45, 2.75) is 23.0 Å². The molecule has 1 fully saturated rings. The second kappa shape index (κ2) is 5.72. The molecular formula is C18H19NO4S. The molecule has 0 aromatic heterocycles. The van der Waals surface area contributed by atoms with Crippen LogP contribution in [0.5, 0.6) is 0 Å². The Bertz CT molecular complexity index is 862. The quantitative estimate of drug-likeness (QED) is 0.863. The van der Waals surface area contributed by atoms with E-state index in [4.69, 9.17) is 5.73 Å². The molecule has 0 heterocycles. The van der Waals surface area contributed by atoms with Crippen LogP contribution in [0.4, 0.5) is 0 Å². The topological polar surface area (TPSA) is 97.5 Å². The lowest BCUT2D eigenvalue weighted by Gasteiger charge is -2.10. The molecule has 0 amide bonds. The maximum atomic E-state index is 13.0. The highest BCUT2D eigenvalue weighted by molar-refractivity contribution is 7.92. The fraction of sp³-hybridized carbons (Fsp3) is 0.278. The number of hydrogen-bond acceptors (Lipinski definition) is 4. The number of sulfone groups is 1. The van der Waals surface area contributed by atoms with E-state index in [1.54, 1.807) is 30.3 Å². The summed E-state index contributed by atoms with van der Waals surface area (Å²) in [6, 6.07) is 15.2. The molecule has 3 N–H and O–H groups in total. The number of nitrogens with two attached hydrogens (primary N) is 1. The molecule has 0 bridgehead atoms. The Hall–Kier alpha value is -2.18. The first-order chi connectivity index (χ1) is 11.4. The summed E-state index contributed by atoms with van der Waals surface area (Å²) in [7, 11) is -3.80. The highest BCUT2D eigenvalue weighted by Crippen LogP contribution is 2.63. The van der Waals surface area contributed by atoms with E-state index in [-0.39, 0.29) is 11.4 Å². The van der Waals surface area contributed by atoms with Gasteiger partial charge in [-0.2, -0.15) is 0 Å². The third-order valence-electron chi connectivity index (χ3n) is 4.83. The van der Waals surface area contributed by atoms with E-state index in [2.05, 4.69) is 0 Å². The SMILES string of the molecule is Cc1ccc(C2C(S(=O)(=O)c3ccccc3)C2(CN)C(=O)O)cc1. The molecule has 0 spiro atoms. The number of aryl methyl sites for hydroxylation is 1. The first-order valence-electron chi connectivity index (χ1n) is 7.64. The lowest BCUT2D eigenvalue weighted by molar-refractivity contribution is -0.143. The maximum absolute atomic E-state index is 13.0. The number of carboxylic acids is 1. The molecule has 2 aromatic carbocycles. The average molecular weight is 345 g/mol. The molecular weight excluding hydrogens is 326 g/mol. The molecule has 24 heavy (non-hydrogen) atoms. The van der Waals surface area contributed by atoms with E-state index in [1.165, 1.54) is 12.1 Å². The molecule has 1 saturated carbocycles. The van der Waals surface area contributed by atoms with Gasteiger partial charge in [0, 0.05) is 12.5 Å². The van der Waals surface area contributed by atoms with Crippen LogP contribution in [0.15, 0.2) is 59.5 Å². The fourth-order valence-corrected chi connectivity index (χ4v) is 5.86. The van der Waals surface area contributed by atoms with Gasteiger partial charge < -0.3 is 10.8 Å². The molecule has 126 valence electrons. The first kappa shape index (κ1) is 16.7. The lowest BCUT2D eigenvalue weighted by Crippen LogP contribution is -2.31. The first-order valence-corrected chi connectivity index (χ1v) is 9.19. The third-order valence-corrected chi connectivity index (χ3v) is 7.13. The molecule has 6 heteroatoms. The van der Waals surface area contributed by atoms with Gasteiger partial charge in [-0.05, 0) is 24.6 Å². The van der Waals surface area contributed by atoms with Gasteiger partial charge in [0.05, 0.1) is 10.1 Å². The van der Waals surface area contributed by atoms with Crippen molar-refractivity contribution in [1.82, 2.24) is 0 Å². The van der Waals surface area contributed by atoms with Gasteiger partial charge in [-0.25, -0.2) is 8.42 Å². The molecule has 2 aromatic rings. The Kier molecular flexibility index (Phi) is 3.97. The van der Waals surface area contributed by atoms with Crippen LogP contribution in [-0.2, 0) is 14.6 Å². The van der Waals surface area contributed by atoms with E-state index in [1.807, 2.05) is 19.1 Å². The van der Waals surface area contributed by atoms with Crippen molar-refractivity contribution < 1.29 is 18.3 Å². The zero-order valence-electron chi connectivity index (χ0n) is 13.2. The van der Waals surface area contributed by atoms with Crippen LogP contribution in [0, 0.1) is 12.3 Å². The number of benzene rings is 2. The standard InChI is InChI=1S/C18H19NO4S/c1-12-7-9-13(10-8-12)15-16(18(15,11-19)17(20)21)24(22,23)14-5-3-2-4-6-14/h2-10,15-16H,11,19H2,1H3,(H,20,21). The van der Waals surface area contributed by atoms with Crippen LogP contribution >= 0.6 is 0 Å². The predicted octanol–water partition coefficient (Wildman–Crippen LogP) is 1.96. The van der Waals surface area contributed by atoms with Crippen LogP contribution < -0.4 is 5.73 Å². The van der Waals surface area contributed by atoms with E-state index < -0.39 is 32.4 Å². The predicted molar refractivity (Wildman–Crippen MR) is 90.5 cm³/mol. The van der Waals surface area contributed by atoms with E-state index in [9.17, 15) is 18.3 Å². The number of aliphatic carboxylic acids is 1. The van der Waals surface area contributed by atoms with Crippen LogP contribution in [0.2, 0.25) is 0 Å². The maximum Gasteiger partial charge on any atom is 0.312 e. The lowest BCUT2D eigenvalue weighted by atomic mass is 9.99. The number of carboxylic acid groups (broad SMARTS) is 1. The van der Waals surface area contributed by atoms with Crippen molar-refractivity contribution in [1.29, 1.82) is 0 Å². The molecule has 1 aliphatic rings. The van der Waals surface area contributed by atoms with E-state index in [0.29, 0.717) is 5.56 Å². The number of rotatable bonds is 5. The smallest absolute Gasteiger partial charge is 0.312 e. The van der Waals surface area contributed by atoms with Crippen molar-refractivity contribution in [3.63, 3.8) is 0 Å². The highest BCUT2D eigenvalue weighted by atomic mass is 32.2. The average Bonchev–Trinajstić information content (AvgIpc) is 3.28. The van der Waals surface area contributed by atoms with Crippen LogP contribution in [0.3, 0.4) is 0 Å². The van der Waals surface area contributed by atoms with Gasteiger partial charge in [0.2, 0.25) is 0 Å². The summed E-state index contributed by atoms with van der Waals surface area (Å²) in [5.41, 5.74) is 5.98. The number of carbonyl (C=O) groups is 1. The van der Waals surface area contributed by atoms with Crippen LogP contribution in [-0.4, -0.2) is 31.3 Å². The molecule has 3 atom stereocenters. The summed E-state index contributed by atoms with van der Waals surface area (Å²) >= 11 is 0. The van der Waals surface area contributed by atoms with Crippen LogP contribution in [0.25, 0.3) is 0 Å². The van der Waals surface area contributed by atoms with Gasteiger partial charge in [-0.15, -0.1) is 0 Å². The monoisotopic (exact) mass is 345 g/mol. The van der Waals surface area contributed by atoms with E-state index in [0.717, 1.165) is 5.56 Å². The van der Waals surface area contributed by atoms with Gasteiger partial charge >= 0.3 is 5.97 Å². The van der Waals surface area contributed by atoms with Crippen LogP contribution in [0.1, 0.15) is 17.0 Å². The van der Waals surface area contributed by atoms with Gasteiger partial charge in [-0.1, -0.05) is 48.0 Å². The zero-order valence-corrected chi connectivity index (χ0v) is 14.0. The molecule has 1 aliphatic carbocycles. The third kappa shape index (κ3) is 2.34. The molecule has 3 rings (SSSR count). The number of hydrogen-bond donors (Lipinski definition) is 2. The van der Waals surface area contributed by atoms with Crippen molar-refractivity contribution in [3.8, 4) is 0 Å². The van der Waals surface area contributed by atoms with Crippen molar-refractivity contribution in [2.24, 2.45) is 11.1 Å². The van der Waals surface area contributed by atoms with Gasteiger partial charge in [0.25, 0.3) is 0 Å². The molecule has 5 nitrogen and oxygen atoms in total. The Morgan fingerprint density at radius 2 is 1.71 bits per heavy atom. The normalized spacial score (nSPS) is 26.1. The minimum absolute atomic E-state index is 0.128. The van der Waals surface area contributed by atoms with Crippen molar-refractivity contribution in [3.05, 3.63) is 65.7 Å². The van der Waals surface area contributed by atoms with Gasteiger partial charge in [0.1, 0.15) is 5.41 Å². The summed E-state index contributed by atoms with van der Waals surface area (Å²) in [4.78, 5) is 12.0. The molecule has 3 unspecified atom stereocenters. The minimum Gasteiger partial charge on any atom is -0.481 e. The fourth-order valence-electron chi connectivity index (χ4n) is 3.45. The Labute approximate surface area is 141 Å².